The van der Waals surface area contributed by atoms with E-state index >= 15 is 0 Å². The van der Waals surface area contributed by atoms with E-state index in [1.165, 1.54) is 0 Å². The maximum atomic E-state index is 12.0. The van der Waals surface area contributed by atoms with Crippen molar-refractivity contribution in [2.24, 2.45) is 0 Å². The zero-order valence-corrected chi connectivity index (χ0v) is 12.7. The fraction of sp³-hybridized carbons (Fsp3) is 0.929. The van der Waals surface area contributed by atoms with Crippen molar-refractivity contribution in [1.82, 2.24) is 5.32 Å². The third-order valence-electron chi connectivity index (χ3n) is 2.61. The van der Waals surface area contributed by atoms with Crippen molar-refractivity contribution in [3.8, 4) is 0 Å². The predicted molar refractivity (Wildman–Crippen MR) is 73.6 cm³/mol. The van der Waals surface area contributed by atoms with Crippen LogP contribution in [0.3, 0.4) is 0 Å². The number of esters is 1. The first-order valence-electron chi connectivity index (χ1n) is 6.88. The van der Waals surface area contributed by atoms with Gasteiger partial charge in [-0.25, -0.2) is 0 Å². The molecule has 4 nitrogen and oxygen atoms in total. The first kappa shape index (κ1) is 17.4. The molecule has 0 rings (SSSR count). The van der Waals surface area contributed by atoms with Gasteiger partial charge in [0.05, 0.1) is 12.7 Å². The minimum absolute atomic E-state index is 0.178. The first-order chi connectivity index (χ1) is 8.31. The quantitative estimate of drug-likeness (QED) is 0.510. The van der Waals surface area contributed by atoms with Crippen molar-refractivity contribution in [2.45, 2.75) is 72.1 Å². The molecule has 0 aliphatic heterocycles. The lowest BCUT2D eigenvalue weighted by Gasteiger charge is -2.30. The Balaban J connectivity index is 4.33. The average Bonchev–Trinajstić information content (AvgIpc) is 2.23. The molecule has 1 unspecified atom stereocenters. The summed E-state index contributed by atoms with van der Waals surface area (Å²) in [6.45, 7) is 12.9. The van der Waals surface area contributed by atoms with Gasteiger partial charge in [-0.15, -0.1) is 0 Å². The smallest absolute Gasteiger partial charge is 0.326 e. The Kier molecular flexibility index (Phi) is 8.20. The van der Waals surface area contributed by atoms with Gasteiger partial charge in [-0.05, 0) is 54.4 Å². The monoisotopic (exact) mass is 259 g/mol. The Morgan fingerprint density at radius 2 is 1.89 bits per heavy atom. The SMILES string of the molecule is CCOC(=O)C(C)(CCCOC(C)C)NC(C)C. The zero-order chi connectivity index (χ0) is 14.2. The standard InChI is InChI=1S/C14H29NO3/c1-7-17-13(16)14(6,15-11(2)3)9-8-10-18-12(4)5/h11-12,15H,7-10H2,1-6H3. The molecule has 18 heavy (non-hydrogen) atoms. The molecule has 0 amide bonds. The highest BCUT2D eigenvalue weighted by atomic mass is 16.5. The minimum atomic E-state index is -0.621. The van der Waals surface area contributed by atoms with Crippen LogP contribution in [0.1, 0.15) is 54.4 Å². The van der Waals surface area contributed by atoms with Gasteiger partial charge in [0.25, 0.3) is 0 Å². The molecule has 0 aromatic rings. The van der Waals surface area contributed by atoms with Crippen molar-refractivity contribution in [1.29, 1.82) is 0 Å². The van der Waals surface area contributed by atoms with E-state index < -0.39 is 5.54 Å². The largest absolute Gasteiger partial charge is 0.465 e. The van der Waals surface area contributed by atoms with Gasteiger partial charge in [0.1, 0.15) is 5.54 Å². The van der Waals surface area contributed by atoms with Crippen molar-refractivity contribution >= 4 is 5.97 Å². The Morgan fingerprint density at radius 3 is 2.33 bits per heavy atom. The van der Waals surface area contributed by atoms with Gasteiger partial charge < -0.3 is 9.47 Å². The van der Waals surface area contributed by atoms with E-state index in [4.69, 9.17) is 9.47 Å². The van der Waals surface area contributed by atoms with Crippen LogP contribution in [0.25, 0.3) is 0 Å². The van der Waals surface area contributed by atoms with Crippen molar-refractivity contribution in [3.63, 3.8) is 0 Å². The summed E-state index contributed by atoms with van der Waals surface area (Å²) in [6.07, 6.45) is 1.79. The van der Waals surface area contributed by atoms with E-state index in [-0.39, 0.29) is 18.1 Å². The van der Waals surface area contributed by atoms with Crippen LogP contribution in [0, 0.1) is 0 Å². The predicted octanol–water partition coefficient (Wildman–Crippen LogP) is 2.51. The maximum absolute atomic E-state index is 12.0. The minimum Gasteiger partial charge on any atom is -0.465 e. The van der Waals surface area contributed by atoms with Crippen LogP contribution < -0.4 is 5.32 Å². The Bertz CT molecular complexity index is 241. The van der Waals surface area contributed by atoms with Crippen LogP contribution in [0.4, 0.5) is 0 Å². The van der Waals surface area contributed by atoms with Gasteiger partial charge in [0, 0.05) is 12.6 Å². The zero-order valence-electron chi connectivity index (χ0n) is 12.7. The van der Waals surface area contributed by atoms with E-state index in [1.807, 2.05) is 41.5 Å². The topological polar surface area (TPSA) is 47.6 Å². The number of nitrogens with one attached hydrogen (secondary N) is 1. The molecule has 0 aromatic heterocycles. The lowest BCUT2D eigenvalue weighted by Crippen LogP contribution is -2.53. The Morgan fingerprint density at radius 1 is 1.28 bits per heavy atom. The highest BCUT2D eigenvalue weighted by molar-refractivity contribution is 5.80. The molecular formula is C14H29NO3. The molecule has 0 radical (unpaired) electrons. The van der Waals surface area contributed by atoms with Crippen LogP contribution in [0.2, 0.25) is 0 Å². The molecular weight excluding hydrogens is 230 g/mol. The van der Waals surface area contributed by atoms with Crippen LogP contribution in [-0.2, 0) is 14.3 Å². The Labute approximate surface area is 111 Å². The normalized spacial score (nSPS) is 14.9. The third-order valence-corrected chi connectivity index (χ3v) is 2.61. The summed E-state index contributed by atoms with van der Waals surface area (Å²) in [5, 5.41) is 3.30. The van der Waals surface area contributed by atoms with Crippen molar-refractivity contribution < 1.29 is 14.3 Å². The second-order valence-electron chi connectivity index (χ2n) is 5.37. The van der Waals surface area contributed by atoms with Crippen molar-refractivity contribution in [2.75, 3.05) is 13.2 Å². The lowest BCUT2D eigenvalue weighted by molar-refractivity contribution is -0.151. The highest BCUT2D eigenvalue weighted by Crippen LogP contribution is 2.16. The second-order valence-corrected chi connectivity index (χ2v) is 5.37. The van der Waals surface area contributed by atoms with Gasteiger partial charge in [-0.1, -0.05) is 0 Å². The first-order valence-corrected chi connectivity index (χ1v) is 6.88. The van der Waals surface area contributed by atoms with Crippen LogP contribution in [0.5, 0.6) is 0 Å². The van der Waals surface area contributed by atoms with Crippen molar-refractivity contribution in [3.05, 3.63) is 0 Å². The fourth-order valence-corrected chi connectivity index (χ4v) is 1.91. The number of ether oxygens (including phenoxy) is 2. The van der Waals surface area contributed by atoms with E-state index in [9.17, 15) is 4.79 Å². The number of carbonyl (C=O) groups excluding carboxylic acids is 1. The number of carbonyl (C=O) groups is 1. The molecule has 108 valence electrons. The second kappa shape index (κ2) is 8.48. The maximum Gasteiger partial charge on any atom is 0.326 e. The highest BCUT2D eigenvalue weighted by Gasteiger charge is 2.34. The van der Waals surface area contributed by atoms with Crippen LogP contribution in [0.15, 0.2) is 0 Å². The van der Waals surface area contributed by atoms with E-state index in [0.717, 1.165) is 12.8 Å². The number of hydrogen-bond donors (Lipinski definition) is 1. The molecule has 1 N–H and O–H groups in total. The molecule has 0 heterocycles. The van der Waals surface area contributed by atoms with Gasteiger partial charge >= 0.3 is 5.97 Å². The van der Waals surface area contributed by atoms with E-state index in [0.29, 0.717) is 13.2 Å². The molecule has 0 fully saturated rings. The number of rotatable bonds is 9. The summed E-state index contributed by atoms with van der Waals surface area (Å²) in [5.74, 6) is -0.178. The molecule has 0 saturated heterocycles. The number of hydrogen-bond acceptors (Lipinski definition) is 4. The van der Waals surface area contributed by atoms with Crippen LogP contribution in [-0.4, -0.2) is 36.9 Å². The van der Waals surface area contributed by atoms with Gasteiger partial charge in [-0.3, -0.25) is 10.1 Å². The summed E-state index contributed by atoms with van der Waals surface area (Å²) >= 11 is 0. The summed E-state index contributed by atoms with van der Waals surface area (Å²) in [7, 11) is 0. The fourth-order valence-electron chi connectivity index (χ4n) is 1.91. The Hall–Kier alpha value is -0.610. The molecule has 0 aromatic carbocycles. The summed E-state index contributed by atoms with van der Waals surface area (Å²) < 4.78 is 10.6. The average molecular weight is 259 g/mol. The molecule has 0 bridgehead atoms. The molecule has 0 aliphatic carbocycles. The van der Waals surface area contributed by atoms with E-state index in [2.05, 4.69) is 5.32 Å². The third kappa shape index (κ3) is 6.97. The molecule has 1 atom stereocenters. The molecule has 0 saturated carbocycles. The molecule has 0 spiro atoms. The van der Waals surface area contributed by atoms with Gasteiger partial charge in [-0.2, -0.15) is 0 Å². The van der Waals surface area contributed by atoms with Crippen LogP contribution >= 0.6 is 0 Å². The lowest BCUT2D eigenvalue weighted by atomic mass is 9.95. The summed E-state index contributed by atoms with van der Waals surface area (Å²) in [5.41, 5.74) is -0.621. The van der Waals surface area contributed by atoms with Gasteiger partial charge in [0.2, 0.25) is 0 Å². The summed E-state index contributed by atoms with van der Waals surface area (Å²) in [4.78, 5) is 12.0. The summed E-state index contributed by atoms with van der Waals surface area (Å²) in [6, 6.07) is 0.241. The van der Waals surface area contributed by atoms with Gasteiger partial charge in [0.15, 0.2) is 0 Å². The molecule has 4 heteroatoms. The molecule has 0 aliphatic rings. The van der Waals surface area contributed by atoms with E-state index in [1.54, 1.807) is 0 Å².